The number of nitrogens with one attached hydrogen (secondary N) is 1. The van der Waals surface area contributed by atoms with Crippen molar-refractivity contribution in [2.75, 3.05) is 26.7 Å². The molecular formula is C19H26N4OS. The number of benzene rings is 1. The van der Waals surface area contributed by atoms with Gasteiger partial charge >= 0.3 is 0 Å². The van der Waals surface area contributed by atoms with E-state index in [4.69, 9.17) is 4.74 Å². The Morgan fingerprint density at radius 1 is 1.40 bits per heavy atom. The summed E-state index contributed by atoms with van der Waals surface area (Å²) in [5.41, 5.74) is 3.83. The standard InChI is InChI=1S/C19H26N4OS/c1-13-5-6-16(14(2)9-13)17-12-23(7-8-24-17)19(20-4)22-11-18-21-10-15(3)25-18/h5-6,9-10,17H,7-8,11-12H2,1-4H3,(H,20,22). The first-order valence-corrected chi connectivity index (χ1v) is 9.44. The normalized spacial score (nSPS) is 18.5. The number of thiazole rings is 1. The van der Waals surface area contributed by atoms with E-state index in [-0.39, 0.29) is 6.10 Å². The lowest BCUT2D eigenvalue weighted by Crippen LogP contribution is -2.48. The van der Waals surface area contributed by atoms with Crippen LogP contribution in [0.1, 0.15) is 32.7 Å². The van der Waals surface area contributed by atoms with E-state index in [9.17, 15) is 0 Å². The SMILES string of the molecule is CN=C(NCc1ncc(C)s1)N1CCOC(c2ccc(C)cc2C)C1. The third kappa shape index (κ3) is 4.38. The highest BCUT2D eigenvalue weighted by Gasteiger charge is 2.25. The van der Waals surface area contributed by atoms with Gasteiger partial charge in [0.05, 0.1) is 19.7 Å². The molecule has 0 radical (unpaired) electrons. The van der Waals surface area contributed by atoms with Gasteiger partial charge in [-0.15, -0.1) is 11.3 Å². The smallest absolute Gasteiger partial charge is 0.194 e. The number of morpholine rings is 1. The summed E-state index contributed by atoms with van der Waals surface area (Å²) in [6.07, 6.45) is 1.99. The van der Waals surface area contributed by atoms with Gasteiger partial charge in [0, 0.05) is 24.7 Å². The summed E-state index contributed by atoms with van der Waals surface area (Å²) in [5, 5.41) is 4.51. The highest BCUT2D eigenvalue weighted by molar-refractivity contribution is 7.11. The van der Waals surface area contributed by atoms with Crippen LogP contribution in [0.2, 0.25) is 0 Å². The summed E-state index contributed by atoms with van der Waals surface area (Å²) in [7, 11) is 1.83. The molecule has 25 heavy (non-hydrogen) atoms. The fourth-order valence-electron chi connectivity index (χ4n) is 3.19. The monoisotopic (exact) mass is 358 g/mol. The van der Waals surface area contributed by atoms with Crippen LogP contribution in [0, 0.1) is 20.8 Å². The lowest BCUT2D eigenvalue weighted by Gasteiger charge is -2.35. The Balaban J connectivity index is 1.66. The van der Waals surface area contributed by atoms with Gasteiger partial charge in [-0.05, 0) is 31.9 Å². The molecule has 1 aromatic heterocycles. The minimum Gasteiger partial charge on any atom is -0.370 e. The third-order valence-electron chi connectivity index (χ3n) is 4.42. The largest absolute Gasteiger partial charge is 0.370 e. The molecule has 1 aliphatic heterocycles. The lowest BCUT2D eigenvalue weighted by molar-refractivity contribution is -0.00834. The van der Waals surface area contributed by atoms with Gasteiger partial charge in [0.1, 0.15) is 11.1 Å². The Labute approximate surface area is 153 Å². The molecule has 1 unspecified atom stereocenters. The summed E-state index contributed by atoms with van der Waals surface area (Å²) >= 11 is 1.72. The van der Waals surface area contributed by atoms with E-state index in [1.807, 2.05) is 13.2 Å². The average molecular weight is 359 g/mol. The molecule has 1 aliphatic rings. The Morgan fingerprint density at radius 2 is 2.24 bits per heavy atom. The van der Waals surface area contributed by atoms with Crippen molar-refractivity contribution in [3.8, 4) is 0 Å². The first-order chi connectivity index (χ1) is 12.1. The fraction of sp³-hybridized carbons (Fsp3) is 0.474. The molecule has 1 aromatic carbocycles. The van der Waals surface area contributed by atoms with E-state index in [1.54, 1.807) is 11.3 Å². The number of aryl methyl sites for hydroxylation is 3. The molecule has 2 aromatic rings. The van der Waals surface area contributed by atoms with E-state index in [0.717, 1.165) is 24.1 Å². The van der Waals surface area contributed by atoms with E-state index in [0.29, 0.717) is 13.2 Å². The number of hydrogen-bond acceptors (Lipinski definition) is 4. The zero-order valence-corrected chi connectivity index (χ0v) is 16.2. The maximum atomic E-state index is 6.04. The lowest BCUT2D eigenvalue weighted by atomic mass is 10.00. The van der Waals surface area contributed by atoms with E-state index < -0.39 is 0 Å². The molecule has 1 saturated heterocycles. The molecule has 5 nitrogen and oxygen atoms in total. The highest BCUT2D eigenvalue weighted by Crippen LogP contribution is 2.26. The van der Waals surface area contributed by atoms with Crippen molar-refractivity contribution in [3.63, 3.8) is 0 Å². The van der Waals surface area contributed by atoms with Crippen molar-refractivity contribution in [1.29, 1.82) is 0 Å². The third-order valence-corrected chi connectivity index (χ3v) is 5.33. The summed E-state index contributed by atoms with van der Waals surface area (Å²) < 4.78 is 6.04. The zero-order chi connectivity index (χ0) is 17.8. The summed E-state index contributed by atoms with van der Waals surface area (Å²) in [5.74, 6) is 0.908. The molecule has 134 valence electrons. The van der Waals surface area contributed by atoms with Gasteiger partial charge in [-0.2, -0.15) is 0 Å². The number of ether oxygens (including phenoxy) is 1. The van der Waals surface area contributed by atoms with E-state index >= 15 is 0 Å². The molecule has 0 amide bonds. The van der Waals surface area contributed by atoms with Gasteiger partial charge in [-0.1, -0.05) is 23.8 Å². The maximum Gasteiger partial charge on any atom is 0.194 e. The average Bonchev–Trinajstić information content (AvgIpc) is 3.01. The predicted molar refractivity (Wildman–Crippen MR) is 103 cm³/mol. The predicted octanol–water partition coefficient (Wildman–Crippen LogP) is 3.22. The molecule has 1 atom stereocenters. The number of hydrogen-bond donors (Lipinski definition) is 1. The van der Waals surface area contributed by atoms with Crippen molar-refractivity contribution in [1.82, 2.24) is 15.2 Å². The number of nitrogens with zero attached hydrogens (tertiary/aromatic N) is 3. The van der Waals surface area contributed by atoms with E-state index in [1.165, 1.54) is 21.6 Å². The van der Waals surface area contributed by atoms with Crippen molar-refractivity contribution in [2.24, 2.45) is 4.99 Å². The van der Waals surface area contributed by atoms with Gasteiger partial charge in [-0.25, -0.2) is 4.98 Å². The van der Waals surface area contributed by atoms with Gasteiger partial charge in [-0.3, -0.25) is 4.99 Å². The minimum absolute atomic E-state index is 0.0787. The number of aliphatic imine (C=N–C) groups is 1. The van der Waals surface area contributed by atoms with Crippen LogP contribution in [0.5, 0.6) is 0 Å². The first kappa shape index (κ1) is 17.9. The molecule has 0 aliphatic carbocycles. The Kier molecular flexibility index (Phi) is 5.71. The van der Waals surface area contributed by atoms with Crippen molar-refractivity contribution < 1.29 is 4.74 Å². The van der Waals surface area contributed by atoms with Gasteiger partial charge in [0.25, 0.3) is 0 Å². The van der Waals surface area contributed by atoms with Crippen LogP contribution in [-0.2, 0) is 11.3 Å². The van der Waals surface area contributed by atoms with Crippen LogP contribution < -0.4 is 5.32 Å². The second-order valence-electron chi connectivity index (χ2n) is 6.43. The Bertz CT molecular complexity index is 756. The Hall–Kier alpha value is -1.92. The molecule has 2 heterocycles. The topological polar surface area (TPSA) is 49.8 Å². The fourth-order valence-corrected chi connectivity index (χ4v) is 3.91. The minimum atomic E-state index is 0.0787. The van der Waals surface area contributed by atoms with Crippen molar-refractivity contribution in [2.45, 2.75) is 33.4 Å². The maximum absolute atomic E-state index is 6.04. The van der Waals surface area contributed by atoms with E-state index in [2.05, 4.69) is 59.2 Å². The summed E-state index contributed by atoms with van der Waals surface area (Å²) in [4.78, 5) is 12.4. The molecular weight excluding hydrogens is 332 g/mol. The van der Waals surface area contributed by atoms with Crippen LogP contribution in [0.4, 0.5) is 0 Å². The molecule has 0 spiro atoms. The molecule has 1 fully saturated rings. The molecule has 3 rings (SSSR count). The van der Waals surface area contributed by atoms with Gasteiger partial charge < -0.3 is 15.0 Å². The quantitative estimate of drug-likeness (QED) is 0.676. The molecule has 1 N–H and O–H groups in total. The second kappa shape index (κ2) is 7.97. The zero-order valence-electron chi connectivity index (χ0n) is 15.4. The Morgan fingerprint density at radius 3 is 2.92 bits per heavy atom. The van der Waals surface area contributed by atoms with Crippen molar-refractivity contribution in [3.05, 3.63) is 51.0 Å². The molecule has 6 heteroatoms. The van der Waals surface area contributed by atoms with Gasteiger partial charge in [0.2, 0.25) is 0 Å². The van der Waals surface area contributed by atoms with Crippen molar-refractivity contribution >= 4 is 17.3 Å². The second-order valence-corrected chi connectivity index (χ2v) is 7.75. The molecule has 0 saturated carbocycles. The first-order valence-electron chi connectivity index (χ1n) is 8.62. The van der Waals surface area contributed by atoms with Crippen LogP contribution in [0.25, 0.3) is 0 Å². The van der Waals surface area contributed by atoms with Gasteiger partial charge in [0.15, 0.2) is 5.96 Å². The summed E-state index contributed by atoms with van der Waals surface area (Å²) in [6.45, 7) is 9.41. The number of aromatic nitrogens is 1. The number of guanidine groups is 1. The van der Waals surface area contributed by atoms with Crippen LogP contribution >= 0.6 is 11.3 Å². The summed E-state index contributed by atoms with van der Waals surface area (Å²) in [6, 6.07) is 6.56. The molecule has 0 bridgehead atoms. The van der Waals surface area contributed by atoms with Crippen LogP contribution in [-0.4, -0.2) is 42.6 Å². The highest BCUT2D eigenvalue weighted by atomic mass is 32.1. The number of rotatable bonds is 3. The van der Waals surface area contributed by atoms with Crippen LogP contribution in [0.3, 0.4) is 0 Å². The van der Waals surface area contributed by atoms with Crippen LogP contribution in [0.15, 0.2) is 29.4 Å².